The first-order valence-electron chi connectivity index (χ1n) is 8.28. The number of carbonyl (C=O) groups excluding carboxylic acids is 2. The van der Waals surface area contributed by atoms with E-state index >= 15 is 0 Å². The number of likely N-dealkylation sites (tertiary alicyclic amines) is 1. The van der Waals surface area contributed by atoms with Gasteiger partial charge >= 0.3 is 5.97 Å². The van der Waals surface area contributed by atoms with Gasteiger partial charge in [0.15, 0.2) is 0 Å². The number of aliphatic carboxylic acids is 1. The van der Waals surface area contributed by atoms with Gasteiger partial charge in [-0.05, 0) is 32.1 Å². The number of nitrogens with zero attached hydrogens (tertiary/aromatic N) is 1. The van der Waals surface area contributed by atoms with Gasteiger partial charge in [0.05, 0.1) is 12.5 Å². The third-order valence-electron chi connectivity index (χ3n) is 5.03. The Hall–Kier alpha value is -1.59. The highest BCUT2D eigenvalue weighted by atomic mass is 16.4. The summed E-state index contributed by atoms with van der Waals surface area (Å²) in [7, 11) is 0. The summed E-state index contributed by atoms with van der Waals surface area (Å²) in [5.74, 6) is -1.16. The van der Waals surface area contributed by atoms with Gasteiger partial charge in [-0.1, -0.05) is 19.3 Å². The molecule has 1 heterocycles. The van der Waals surface area contributed by atoms with Crippen LogP contribution >= 0.6 is 0 Å². The van der Waals surface area contributed by atoms with Gasteiger partial charge in [0.1, 0.15) is 0 Å². The topological polar surface area (TPSA) is 86.7 Å². The van der Waals surface area contributed by atoms with Crippen LogP contribution in [0.2, 0.25) is 0 Å². The van der Waals surface area contributed by atoms with E-state index in [-0.39, 0.29) is 24.4 Å². The van der Waals surface area contributed by atoms with Crippen LogP contribution in [0.25, 0.3) is 0 Å². The van der Waals surface area contributed by atoms with E-state index in [1.165, 1.54) is 19.3 Å². The van der Waals surface area contributed by atoms with Crippen molar-refractivity contribution in [1.29, 1.82) is 0 Å². The van der Waals surface area contributed by atoms with E-state index in [1.807, 2.05) is 0 Å². The molecule has 2 aliphatic rings. The summed E-state index contributed by atoms with van der Waals surface area (Å²) in [6.07, 6.45) is 6.83. The van der Waals surface area contributed by atoms with Gasteiger partial charge in [-0.3, -0.25) is 14.4 Å². The molecular formula is C16H26N2O4. The maximum Gasteiger partial charge on any atom is 0.308 e. The maximum absolute atomic E-state index is 12.1. The summed E-state index contributed by atoms with van der Waals surface area (Å²) < 4.78 is 0. The van der Waals surface area contributed by atoms with Crippen molar-refractivity contribution >= 4 is 17.8 Å². The summed E-state index contributed by atoms with van der Waals surface area (Å²) in [5.41, 5.74) is 0. The normalized spacial score (nSPS) is 26.0. The predicted molar refractivity (Wildman–Crippen MR) is 81.1 cm³/mol. The standard InChI is InChI=1S/C16H26N2O4/c1-11-13(16(21)22)7-8-18(11)15(20)10-17-14(19)9-12-5-3-2-4-6-12/h11-13H,2-10H2,1H3,(H,17,19)(H,21,22). The molecule has 0 aromatic rings. The Bertz CT molecular complexity index is 432. The van der Waals surface area contributed by atoms with Crippen LogP contribution in [0.3, 0.4) is 0 Å². The first-order chi connectivity index (χ1) is 10.5. The number of nitrogens with one attached hydrogen (secondary N) is 1. The molecule has 2 N–H and O–H groups in total. The Balaban J connectivity index is 1.73. The van der Waals surface area contributed by atoms with Crippen LogP contribution in [-0.2, 0) is 14.4 Å². The van der Waals surface area contributed by atoms with E-state index in [1.54, 1.807) is 11.8 Å². The number of rotatable bonds is 5. The summed E-state index contributed by atoms with van der Waals surface area (Å²) in [6, 6.07) is -0.305. The zero-order chi connectivity index (χ0) is 16.1. The quantitative estimate of drug-likeness (QED) is 0.803. The molecule has 6 nitrogen and oxygen atoms in total. The molecule has 2 unspecified atom stereocenters. The fourth-order valence-electron chi connectivity index (χ4n) is 3.62. The van der Waals surface area contributed by atoms with Crippen molar-refractivity contribution in [3.63, 3.8) is 0 Å². The third-order valence-corrected chi connectivity index (χ3v) is 5.03. The molecule has 0 bridgehead atoms. The molecule has 2 amide bonds. The van der Waals surface area contributed by atoms with Crippen molar-refractivity contribution in [2.75, 3.05) is 13.1 Å². The van der Waals surface area contributed by atoms with Crippen molar-refractivity contribution in [2.24, 2.45) is 11.8 Å². The lowest BCUT2D eigenvalue weighted by Crippen LogP contribution is -2.43. The van der Waals surface area contributed by atoms with Gasteiger partial charge in [0.2, 0.25) is 11.8 Å². The number of carboxylic acids is 1. The molecule has 124 valence electrons. The average molecular weight is 310 g/mol. The van der Waals surface area contributed by atoms with Crippen LogP contribution < -0.4 is 5.32 Å². The summed E-state index contributed by atoms with van der Waals surface area (Å²) >= 11 is 0. The second-order valence-corrected chi connectivity index (χ2v) is 6.55. The smallest absolute Gasteiger partial charge is 0.308 e. The minimum absolute atomic E-state index is 0.0256. The second kappa shape index (κ2) is 7.61. The largest absolute Gasteiger partial charge is 0.481 e. The number of hydrogen-bond donors (Lipinski definition) is 2. The fourth-order valence-corrected chi connectivity index (χ4v) is 3.62. The van der Waals surface area contributed by atoms with Crippen molar-refractivity contribution in [3.05, 3.63) is 0 Å². The first-order valence-corrected chi connectivity index (χ1v) is 8.28. The molecule has 1 aliphatic carbocycles. The molecule has 2 rings (SSSR count). The molecule has 1 saturated carbocycles. The van der Waals surface area contributed by atoms with Crippen LogP contribution in [-0.4, -0.2) is 46.9 Å². The van der Waals surface area contributed by atoms with Crippen molar-refractivity contribution in [3.8, 4) is 0 Å². The molecule has 0 aromatic heterocycles. The van der Waals surface area contributed by atoms with Gasteiger partial charge in [0, 0.05) is 19.0 Å². The van der Waals surface area contributed by atoms with Crippen LogP contribution in [0, 0.1) is 11.8 Å². The molecule has 0 spiro atoms. The number of carbonyl (C=O) groups is 3. The summed E-state index contributed by atoms with van der Waals surface area (Å²) in [5, 5.41) is 11.8. The van der Waals surface area contributed by atoms with Gasteiger partial charge in [0.25, 0.3) is 0 Å². The van der Waals surface area contributed by atoms with Gasteiger partial charge in [-0.25, -0.2) is 0 Å². The molecule has 1 aliphatic heterocycles. The Morgan fingerprint density at radius 1 is 1.14 bits per heavy atom. The van der Waals surface area contributed by atoms with E-state index in [4.69, 9.17) is 5.11 Å². The van der Waals surface area contributed by atoms with Crippen LogP contribution in [0.15, 0.2) is 0 Å². The van der Waals surface area contributed by atoms with Gasteiger partial charge in [-0.15, -0.1) is 0 Å². The Morgan fingerprint density at radius 3 is 2.41 bits per heavy atom. The third kappa shape index (κ3) is 4.21. The van der Waals surface area contributed by atoms with Crippen molar-refractivity contribution in [1.82, 2.24) is 10.2 Å². The Kier molecular flexibility index (Phi) is 5.80. The predicted octanol–water partition coefficient (Wildman–Crippen LogP) is 1.39. The van der Waals surface area contributed by atoms with Crippen LogP contribution in [0.5, 0.6) is 0 Å². The maximum atomic E-state index is 12.1. The zero-order valence-electron chi connectivity index (χ0n) is 13.2. The molecular weight excluding hydrogens is 284 g/mol. The average Bonchev–Trinajstić information content (AvgIpc) is 2.88. The van der Waals surface area contributed by atoms with Crippen molar-refractivity contribution < 1.29 is 19.5 Å². The Labute approximate surface area is 131 Å². The minimum atomic E-state index is -0.857. The van der Waals surface area contributed by atoms with E-state index in [2.05, 4.69) is 5.32 Å². The lowest BCUT2D eigenvalue weighted by Gasteiger charge is -2.24. The highest BCUT2D eigenvalue weighted by Crippen LogP contribution is 2.26. The molecule has 0 radical (unpaired) electrons. The molecule has 2 fully saturated rings. The fraction of sp³-hybridized carbons (Fsp3) is 0.812. The first kappa shape index (κ1) is 16.8. The minimum Gasteiger partial charge on any atom is -0.481 e. The SMILES string of the molecule is CC1C(C(=O)O)CCN1C(=O)CNC(=O)CC1CCCCC1. The van der Waals surface area contributed by atoms with E-state index < -0.39 is 11.9 Å². The molecule has 2 atom stereocenters. The lowest BCUT2D eigenvalue weighted by atomic mass is 9.87. The van der Waals surface area contributed by atoms with Crippen LogP contribution in [0.1, 0.15) is 51.9 Å². The molecule has 22 heavy (non-hydrogen) atoms. The highest BCUT2D eigenvalue weighted by molar-refractivity contribution is 5.85. The van der Waals surface area contributed by atoms with Crippen molar-refractivity contribution in [2.45, 2.75) is 57.9 Å². The molecule has 6 heteroatoms. The van der Waals surface area contributed by atoms with E-state index in [0.29, 0.717) is 25.3 Å². The zero-order valence-corrected chi connectivity index (χ0v) is 13.2. The summed E-state index contributed by atoms with van der Waals surface area (Å²) in [6.45, 7) is 2.19. The molecule has 0 aromatic carbocycles. The lowest BCUT2D eigenvalue weighted by molar-refractivity contribution is -0.143. The molecule has 1 saturated heterocycles. The van der Waals surface area contributed by atoms with E-state index in [9.17, 15) is 14.4 Å². The highest BCUT2D eigenvalue weighted by Gasteiger charge is 2.37. The number of carboxylic acid groups (broad SMARTS) is 1. The van der Waals surface area contributed by atoms with E-state index in [0.717, 1.165) is 12.8 Å². The van der Waals surface area contributed by atoms with Crippen LogP contribution in [0.4, 0.5) is 0 Å². The summed E-state index contributed by atoms with van der Waals surface area (Å²) in [4.78, 5) is 36.7. The second-order valence-electron chi connectivity index (χ2n) is 6.55. The monoisotopic (exact) mass is 310 g/mol. The number of amides is 2. The van der Waals surface area contributed by atoms with Gasteiger partial charge < -0.3 is 15.3 Å². The van der Waals surface area contributed by atoms with Gasteiger partial charge in [-0.2, -0.15) is 0 Å². The Morgan fingerprint density at radius 2 is 1.82 bits per heavy atom. The number of hydrogen-bond acceptors (Lipinski definition) is 3.